The molecule has 10 heteroatoms. The lowest BCUT2D eigenvalue weighted by Gasteiger charge is -2.24. The number of amides is 2. The number of aromatic nitrogens is 2. The Morgan fingerprint density at radius 2 is 1.85 bits per heavy atom. The van der Waals surface area contributed by atoms with Gasteiger partial charge in [-0.15, -0.1) is 11.8 Å². The molecule has 2 amide bonds. The van der Waals surface area contributed by atoms with Crippen molar-refractivity contribution in [2.75, 3.05) is 24.0 Å². The van der Waals surface area contributed by atoms with Crippen LogP contribution in [0.1, 0.15) is 36.6 Å². The molecule has 0 spiro atoms. The van der Waals surface area contributed by atoms with Crippen LogP contribution in [0.15, 0.2) is 72.8 Å². The topological polar surface area (TPSA) is 85.7 Å². The molecule has 2 unspecified atom stereocenters. The summed E-state index contributed by atoms with van der Waals surface area (Å²) in [5.74, 6) is 1.60. The number of hydrogen-bond donors (Lipinski definition) is 1. The highest BCUT2D eigenvalue weighted by Crippen LogP contribution is 2.50. The highest BCUT2D eigenvalue weighted by atomic mass is 35.5. The summed E-state index contributed by atoms with van der Waals surface area (Å²) >= 11 is 8.21. The van der Waals surface area contributed by atoms with Gasteiger partial charge in [0.15, 0.2) is 11.5 Å². The molecule has 4 aromatic rings. The zero-order valence-electron chi connectivity index (χ0n) is 22.7. The van der Waals surface area contributed by atoms with Crippen molar-refractivity contribution in [2.45, 2.75) is 31.6 Å². The van der Waals surface area contributed by atoms with Crippen LogP contribution in [-0.2, 0) is 9.59 Å². The Kier molecular flexibility index (Phi) is 7.64. The first-order chi connectivity index (χ1) is 19.9. The SMILES string of the molecule is CCC(C)NC(=O)CN1C(=O)CSC(c2ccc3c(c2)OCO3)c2c(-c3ccccc3)nn(-c3ccccc3Cl)c21. The number of carbonyl (C=O) groups is 2. The molecule has 1 aromatic heterocycles. The van der Waals surface area contributed by atoms with Crippen molar-refractivity contribution in [3.05, 3.63) is 88.9 Å². The Morgan fingerprint density at radius 3 is 2.63 bits per heavy atom. The summed E-state index contributed by atoms with van der Waals surface area (Å²) < 4.78 is 13.0. The molecule has 210 valence electrons. The third kappa shape index (κ3) is 5.27. The minimum absolute atomic E-state index is 0.0202. The molecule has 0 bridgehead atoms. The maximum atomic E-state index is 13.9. The normalized spacial score (nSPS) is 16.7. The first-order valence-corrected chi connectivity index (χ1v) is 14.9. The van der Waals surface area contributed by atoms with Gasteiger partial charge in [0.1, 0.15) is 12.4 Å². The number of thioether (sulfide) groups is 1. The molecular weight excluding hydrogens is 560 g/mol. The third-order valence-electron chi connectivity index (χ3n) is 7.24. The molecule has 0 fully saturated rings. The van der Waals surface area contributed by atoms with Gasteiger partial charge in [-0.2, -0.15) is 5.10 Å². The summed E-state index contributed by atoms with van der Waals surface area (Å²) in [5.41, 5.74) is 3.97. The molecule has 41 heavy (non-hydrogen) atoms. The van der Waals surface area contributed by atoms with E-state index in [1.165, 1.54) is 11.8 Å². The lowest BCUT2D eigenvalue weighted by Crippen LogP contribution is -2.44. The van der Waals surface area contributed by atoms with E-state index >= 15 is 0 Å². The fraction of sp³-hybridized carbons (Fsp3) is 0.258. The molecule has 0 radical (unpaired) electrons. The molecule has 3 aromatic carbocycles. The molecule has 8 nitrogen and oxygen atoms in total. The van der Waals surface area contributed by atoms with E-state index < -0.39 is 0 Å². The van der Waals surface area contributed by atoms with Crippen LogP contribution in [0.2, 0.25) is 5.02 Å². The second-order valence-corrected chi connectivity index (χ2v) is 11.5. The Hall–Kier alpha value is -3.95. The van der Waals surface area contributed by atoms with Crippen molar-refractivity contribution in [1.82, 2.24) is 15.1 Å². The number of hydrogen-bond acceptors (Lipinski definition) is 6. The van der Waals surface area contributed by atoms with Gasteiger partial charge in [-0.1, -0.05) is 67.1 Å². The number of rotatable bonds is 7. The van der Waals surface area contributed by atoms with Crippen molar-refractivity contribution < 1.29 is 19.1 Å². The monoisotopic (exact) mass is 588 g/mol. The second-order valence-electron chi connectivity index (χ2n) is 9.98. The maximum absolute atomic E-state index is 13.9. The van der Waals surface area contributed by atoms with Gasteiger partial charge in [-0.05, 0) is 43.2 Å². The molecule has 6 rings (SSSR count). The molecule has 1 N–H and O–H groups in total. The van der Waals surface area contributed by atoms with Crippen LogP contribution >= 0.6 is 23.4 Å². The number of anilines is 1. The average Bonchev–Trinajstić information content (AvgIpc) is 3.58. The smallest absolute Gasteiger partial charge is 0.240 e. The number of benzene rings is 3. The van der Waals surface area contributed by atoms with Gasteiger partial charge in [0.05, 0.1) is 27.4 Å². The van der Waals surface area contributed by atoms with E-state index in [2.05, 4.69) is 5.32 Å². The summed E-state index contributed by atoms with van der Waals surface area (Å²) in [6.45, 7) is 3.97. The van der Waals surface area contributed by atoms with Gasteiger partial charge < -0.3 is 14.8 Å². The van der Waals surface area contributed by atoms with Crippen LogP contribution in [-0.4, -0.2) is 46.7 Å². The summed E-state index contributed by atoms with van der Waals surface area (Å²) in [6.07, 6.45) is 0.780. The van der Waals surface area contributed by atoms with E-state index in [1.807, 2.05) is 80.6 Å². The third-order valence-corrected chi connectivity index (χ3v) is 8.81. The molecule has 2 atom stereocenters. The number of nitrogens with zero attached hydrogens (tertiary/aromatic N) is 3. The van der Waals surface area contributed by atoms with Crippen LogP contribution in [0.5, 0.6) is 11.5 Å². The first kappa shape index (κ1) is 27.2. The molecule has 3 heterocycles. The predicted molar refractivity (Wildman–Crippen MR) is 161 cm³/mol. The average molecular weight is 589 g/mol. The predicted octanol–water partition coefficient (Wildman–Crippen LogP) is 6.01. The fourth-order valence-electron chi connectivity index (χ4n) is 5.03. The van der Waals surface area contributed by atoms with E-state index in [0.29, 0.717) is 33.7 Å². The van der Waals surface area contributed by atoms with E-state index in [-0.39, 0.29) is 42.2 Å². The quantitative estimate of drug-likeness (QED) is 0.285. The minimum atomic E-state index is -0.294. The highest BCUT2D eigenvalue weighted by Gasteiger charge is 2.38. The molecule has 0 saturated heterocycles. The first-order valence-electron chi connectivity index (χ1n) is 13.5. The number of halogens is 1. The number of para-hydroxylation sites is 1. The lowest BCUT2D eigenvalue weighted by atomic mass is 9.99. The molecule has 2 aliphatic heterocycles. The van der Waals surface area contributed by atoms with Crippen molar-refractivity contribution in [1.29, 1.82) is 0 Å². The van der Waals surface area contributed by atoms with Crippen molar-refractivity contribution >= 4 is 41.0 Å². The van der Waals surface area contributed by atoms with E-state index in [0.717, 1.165) is 23.1 Å². The van der Waals surface area contributed by atoms with Gasteiger partial charge in [0.25, 0.3) is 0 Å². The van der Waals surface area contributed by atoms with Gasteiger partial charge >= 0.3 is 0 Å². The standard InChI is InChI=1S/C31H29ClN4O4S/c1-3-19(2)33-26(37)16-35-27(38)17-41-30(21-13-14-24-25(15-21)40-18-39-24)28-29(20-9-5-4-6-10-20)34-36(31(28)35)23-12-8-7-11-22(23)32/h4-15,19,30H,3,16-18H2,1-2H3,(H,33,37). The summed E-state index contributed by atoms with van der Waals surface area (Å²) in [4.78, 5) is 28.6. The zero-order chi connectivity index (χ0) is 28.5. The van der Waals surface area contributed by atoms with Crippen LogP contribution < -0.4 is 19.7 Å². The zero-order valence-corrected chi connectivity index (χ0v) is 24.2. The molecule has 0 saturated carbocycles. The van der Waals surface area contributed by atoms with Gasteiger partial charge in [0, 0.05) is 17.2 Å². The number of carbonyl (C=O) groups excluding carboxylic acids is 2. The Labute approximate surface area is 247 Å². The summed E-state index contributed by atoms with van der Waals surface area (Å²) in [5, 5.41) is 8.28. The van der Waals surface area contributed by atoms with Gasteiger partial charge in [-0.25, -0.2) is 4.68 Å². The Bertz CT molecular complexity index is 1610. The Morgan fingerprint density at radius 1 is 1.10 bits per heavy atom. The fourth-order valence-corrected chi connectivity index (χ4v) is 6.43. The number of fused-ring (bicyclic) bond motifs is 2. The second kappa shape index (κ2) is 11.5. The maximum Gasteiger partial charge on any atom is 0.240 e. The van der Waals surface area contributed by atoms with Crippen LogP contribution in [0, 0.1) is 0 Å². The highest BCUT2D eigenvalue weighted by molar-refractivity contribution is 8.00. The van der Waals surface area contributed by atoms with Gasteiger partial charge in [-0.3, -0.25) is 14.5 Å². The largest absolute Gasteiger partial charge is 0.454 e. The van der Waals surface area contributed by atoms with Crippen LogP contribution in [0.3, 0.4) is 0 Å². The van der Waals surface area contributed by atoms with Crippen molar-refractivity contribution in [3.8, 4) is 28.4 Å². The van der Waals surface area contributed by atoms with Crippen LogP contribution in [0.4, 0.5) is 5.82 Å². The van der Waals surface area contributed by atoms with E-state index in [1.54, 1.807) is 15.6 Å². The molecule has 0 aliphatic carbocycles. The van der Waals surface area contributed by atoms with Gasteiger partial charge in [0.2, 0.25) is 18.6 Å². The molecule has 2 aliphatic rings. The molecular formula is C31H29ClN4O4S. The number of ether oxygens (including phenoxy) is 2. The number of nitrogens with one attached hydrogen (secondary N) is 1. The minimum Gasteiger partial charge on any atom is -0.454 e. The summed E-state index contributed by atoms with van der Waals surface area (Å²) in [7, 11) is 0. The lowest BCUT2D eigenvalue weighted by molar-refractivity contribution is -0.123. The summed E-state index contributed by atoms with van der Waals surface area (Å²) in [6, 6.07) is 23.0. The van der Waals surface area contributed by atoms with E-state index in [4.69, 9.17) is 26.2 Å². The Balaban J connectivity index is 1.60. The van der Waals surface area contributed by atoms with Crippen molar-refractivity contribution in [2.24, 2.45) is 0 Å². The van der Waals surface area contributed by atoms with Crippen LogP contribution in [0.25, 0.3) is 16.9 Å². The van der Waals surface area contributed by atoms with Crippen molar-refractivity contribution in [3.63, 3.8) is 0 Å². The van der Waals surface area contributed by atoms with E-state index in [9.17, 15) is 9.59 Å².